The van der Waals surface area contributed by atoms with Crippen molar-refractivity contribution in [2.45, 2.75) is 12.8 Å². The minimum absolute atomic E-state index is 0. The number of nitrogens with zero attached hydrogens (tertiary/aromatic N) is 2. The molecule has 1 aliphatic rings. The van der Waals surface area contributed by atoms with Gasteiger partial charge in [0.25, 0.3) is 0 Å². The zero-order valence-electron chi connectivity index (χ0n) is 9.28. The van der Waals surface area contributed by atoms with E-state index in [4.69, 9.17) is 5.11 Å². The fourth-order valence-corrected chi connectivity index (χ4v) is 1.94. The van der Waals surface area contributed by atoms with Crippen molar-refractivity contribution in [3.05, 3.63) is 24.5 Å². The van der Waals surface area contributed by atoms with E-state index in [0.29, 0.717) is 0 Å². The lowest BCUT2D eigenvalue weighted by Crippen LogP contribution is -2.36. The number of hydrogen-bond donors (Lipinski definition) is 1. The summed E-state index contributed by atoms with van der Waals surface area (Å²) in [6.07, 6.45) is 4.99. The van der Waals surface area contributed by atoms with Gasteiger partial charge in [0.05, 0.1) is 5.92 Å². The summed E-state index contributed by atoms with van der Waals surface area (Å²) >= 11 is 0. The second kappa shape index (κ2) is 7.35. The van der Waals surface area contributed by atoms with E-state index < -0.39 is 5.97 Å². The molecule has 0 saturated carbocycles. The molecule has 0 aromatic carbocycles. The van der Waals surface area contributed by atoms with Gasteiger partial charge in [-0.2, -0.15) is 0 Å². The Morgan fingerprint density at radius 2 is 1.76 bits per heavy atom. The largest absolute Gasteiger partial charge is 0.481 e. The van der Waals surface area contributed by atoms with Crippen molar-refractivity contribution in [1.29, 1.82) is 0 Å². The van der Waals surface area contributed by atoms with Gasteiger partial charge in [-0.05, 0) is 25.0 Å². The van der Waals surface area contributed by atoms with Gasteiger partial charge < -0.3 is 10.0 Å². The number of rotatable bonds is 2. The molecule has 0 atom stereocenters. The molecule has 1 saturated heterocycles. The highest BCUT2D eigenvalue weighted by Crippen LogP contribution is 2.22. The van der Waals surface area contributed by atoms with Crippen molar-refractivity contribution in [3.8, 4) is 0 Å². The monoisotopic (exact) mass is 278 g/mol. The van der Waals surface area contributed by atoms with E-state index in [1.807, 2.05) is 12.1 Å². The average molecular weight is 279 g/mol. The molecule has 0 aliphatic carbocycles. The molecule has 17 heavy (non-hydrogen) atoms. The van der Waals surface area contributed by atoms with Crippen LogP contribution in [0.4, 0.5) is 5.69 Å². The molecule has 0 spiro atoms. The lowest BCUT2D eigenvalue weighted by atomic mass is 9.97. The van der Waals surface area contributed by atoms with Gasteiger partial charge >= 0.3 is 5.97 Å². The molecule has 0 bridgehead atoms. The van der Waals surface area contributed by atoms with E-state index in [2.05, 4.69) is 9.88 Å². The van der Waals surface area contributed by atoms with Crippen LogP contribution in [-0.4, -0.2) is 29.1 Å². The van der Waals surface area contributed by atoms with Gasteiger partial charge in [0.2, 0.25) is 0 Å². The van der Waals surface area contributed by atoms with E-state index in [1.54, 1.807) is 12.4 Å². The molecule has 2 rings (SSSR count). The van der Waals surface area contributed by atoms with Crippen LogP contribution in [-0.2, 0) is 4.79 Å². The third-order valence-electron chi connectivity index (χ3n) is 2.87. The smallest absolute Gasteiger partial charge is 0.306 e. The molecule has 1 aromatic heterocycles. The first-order chi connectivity index (χ1) is 7.27. The van der Waals surface area contributed by atoms with E-state index in [9.17, 15) is 4.79 Å². The minimum atomic E-state index is -0.663. The number of pyridine rings is 1. The zero-order chi connectivity index (χ0) is 10.7. The van der Waals surface area contributed by atoms with Crippen molar-refractivity contribution < 1.29 is 9.90 Å². The number of halogens is 2. The number of carboxylic acid groups (broad SMARTS) is 1. The Hall–Kier alpha value is -1.00. The van der Waals surface area contributed by atoms with Crippen LogP contribution in [0.5, 0.6) is 0 Å². The Morgan fingerprint density at radius 1 is 1.24 bits per heavy atom. The predicted molar refractivity (Wildman–Crippen MR) is 71.3 cm³/mol. The first-order valence-corrected chi connectivity index (χ1v) is 5.15. The highest BCUT2D eigenvalue weighted by Gasteiger charge is 2.24. The summed E-state index contributed by atoms with van der Waals surface area (Å²) in [6.45, 7) is 1.64. The summed E-state index contributed by atoms with van der Waals surface area (Å²) in [5.74, 6) is -0.826. The zero-order valence-corrected chi connectivity index (χ0v) is 10.9. The van der Waals surface area contributed by atoms with Crippen molar-refractivity contribution >= 4 is 36.5 Å². The lowest BCUT2D eigenvalue weighted by molar-refractivity contribution is -0.142. The van der Waals surface area contributed by atoms with E-state index in [-0.39, 0.29) is 30.7 Å². The Kier molecular flexibility index (Phi) is 6.92. The standard InChI is InChI=1S/C11H14N2O2.2ClH/c14-11(15)9-3-7-13(8-4-9)10-1-5-12-6-2-10;;/h1-2,5-6,9H,3-4,7-8H2,(H,14,15);2*1H. The van der Waals surface area contributed by atoms with Crippen molar-refractivity contribution in [3.63, 3.8) is 0 Å². The van der Waals surface area contributed by atoms with Crippen molar-refractivity contribution in [2.75, 3.05) is 18.0 Å². The maximum Gasteiger partial charge on any atom is 0.306 e. The van der Waals surface area contributed by atoms with Crippen molar-refractivity contribution in [2.24, 2.45) is 5.92 Å². The maximum atomic E-state index is 10.8. The van der Waals surface area contributed by atoms with E-state index in [0.717, 1.165) is 31.6 Å². The van der Waals surface area contributed by atoms with E-state index >= 15 is 0 Å². The van der Waals surface area contributed by atoms with Gasteiger partial charge in [0.15, 0.2) is 0 Å². The normalized spacial score (nSPS) is 15.6. The molecule has 1 N–H and O–H groups in total. The summed E-state index contributed by atoms with van der Waals surface area (Å²) in [5, 5.41) is 8.87. The Morgan fingerprint density at radius 3 is 2.24 bits per heavy atom. The second-order valence-electron chi connectivity index (χ2n) is 3.80. The number of aromatic nitrogens is 1. The quantitative estimate of drug-likeness (QED) is 0.902. The fraction of sp³-hybridized carbons (Fsp3) is 0.455. The van der Waals surface area contributed by atoms with Crippen LogP contribution < -0.4 is 4.90 Å². The SMILES string of the molecule is Cl.Cl.O=C(O)C1CCN(c2ccncc2)CC1. The molecule has 0 unspecified atom stereocenters. The third-order valence-corrected chi connectivity index (χ3v) is 2.87. The van der Waals surface area contributed by atoms with E-state index in [1.165, 1.54) is 0 Å². The Bertz CT molecular complexity index is 341. The van der Waals surface area contributed by atoms with Gasteiger partial charge in [-0.1, -0.05) is 0 Å². The third kappa shape index (κ3) is 4.06. The lowest BCUT2D eigenvalue weighted by Gasteiger charge is -2.31. The topological polar surface area (TPSA) is 53.4 Å². The maximum absolute atomic E-state index is 10.8. The highest BCUT2D eigenvalue weighted by molar-refractivity contribution is 5.85. The summed E-state index contributed by atoms with van der Waals surface area (Å²) in [4.78, 5) is 16.9. The van der Waals surface area contributed by atoms with Crippen molar-refractivity contribution in [1.82, 2.24) is 4.98 Å². The van der Waals surface area contributed by atoms with Crippen LogP contribution in [0.1, 0.15) is 12.8 Å². The first-order valence-electron chi connectivity index (χ1n) is 5.15. The molecule has 1 aromatic rings. The second-order valence-corrected chi connectivity index (χ2v) is 3.80. The molecule has 1 aliphatic heterocycles. The van der Waals surface area contributed by atoms with Crippen LogP contribution in [0.2, 0.25) is 0 Å². The number of carboxylic acids is 1. The van der Waals surface area contributed by atoms with Crippen LogP contribution in [0, 0.1) is 5.92 Å². The average Bonchev–Trinajstić information content (AvgIpc) is 2.30. The molecule has 2 heterocycles. The Balaban J connectivity index is 0.00000128. The molecule has 1 fully saturated rings. The van der Waals surface area contributed by atoms with Gasteiger partial charge in [-0.3, -0.25) is 9.78 Å². The summed E-state index contributed by atoms with van der Waals surface area (Å²) in [5.41, 5.74) is 1.13. The van der Waals surface area contributed by atoms with Gasteiger partial charge in [0.1, 0.15) is 0 Å². The van der Waals surface area contributed by atoms with Crippen LogP contribution >= 0.6 is 24.8 Å². The molecule has 0 amide bonds. The summed E-state index contributed by atoms with van der Waals surface area (Å²) < 4.78 is 0. The van der Waals surface area contributed by atoms with Crippen LogP contribution in [0.15, 0.2) is 24.5 Å². The number of carbonyl (C=O) groups is 1. The first kappa shape index (κ1) is 16.0. The number of piperidine rings is 1. The molecule has 4 nitrogen and oxygen atoms in total. The summed E-state index contributed by atoms with van der Waals surface area (Å²) in [6, 6.07) is 3.92. The minimum Gasteiger partial charge on any atom is -0.481 e. The molecule has 6 heteroatoms. The molecular weight excluding hydrogens is 263 g/mol. The van der Waals surface area contributed by atoms with Crippen LogP contribution in [0.3, 0.4) is 0 Å². The number of anilines is 1. The highest BCUT2D eigenvalue weighted by atomic mass is 35.5. The van der Waals surface area contributed by atoms with Gasteiger partial charge in [0, 0.05) is 31.2 Å². The molecule has 0 radical (unpaired) electrons. The number of aliphatic carboxylic acids is 1. The van der Waals surface area contributed by atoms with Crippen LogP contribution in [0.25, 0.3) is 0 Å². The van der Waals surface area contributed by atoms with Gasteiger partial charge in [-0.25, -0.2) is 0 Å². The molecule has 96 valence electrons. The predicted octanol–water partition coefficient (Wildman–Crippen LogP) is 2.23. The number of hydrogen-bond acceptors (Lipinski definition) is 3. The Labute approximate surface area is 113 Å². The van der Waals surface area contributed by atoms with Gasteiger partial charge in [-0.15, -0.1) is 24.8 Å². The summed E-state index contributed by atoms with van der Waals surface area (Å²) in [7, 11) is 0. The molecular formula is C11H16Cl2N2O2. The fourth-order valence-electron chi connectivity index (χ4n) is 1.94.